The molecule has 0 spiro atoms. The number of carbonyl (C=O) groups is 1. The molecule has 3 heterocycles. The third-order valence-electron chi connectivity index (χ3n) is 7.92. The highest BCUT2D eigenvalue weighted by atomic mass is 32.2. The van der Waals surface area contributed by atoms with E-state index in [0.717, 1.165) is 76.4 Å². The Hall–Kier alpha value is -4.02. The van der Waals surface area contributed by atoms with Crippen LogP contribution in [-0.2, 0) is 27.7 Å². The number of hydrogen-bond acceptors (Lipinski definition) is 7. The van der Waals surface area contributed by atoms with Gasteiger partial charge in [0, 0.05) is 34.1 Å². The van der Waals surface area contributed by atoms with Crippen LogP contribution < -0.4 is 9.25 Å². The number of aromatic nitrogens is 3. The molecule has 10 heteroatoms. The van der Waals surface area contributed by atoms with Gasteiger partial charge in [0.05, 0.1) is 17.0 Å². The van der Waals surface area contributed by atoms with Crippen molar-refractivity contribution in [2.75, 3.05) is 6.61 Å². The van der Waals surface area contributed by atoms with E-state index in [1.54, 1.807) is 30.5 Å². The Labute approximate surface area is 278 Å². The average molecular weight is 662 g/mol. The third-order valence-corrected chi connectivity index (χ3v) is 9.07. The summed E-state index contributed by atoms with van der Waals surface area (Å²) in [7, 11) is -4.33. The first-order chi connectivity index (χ1) is 22.1. The summed E-state index contributed by atoms with van der Waals surface area (Å²) >= 11 is 0. The molecule has 0 N–H and O–H groups in total. The molecule has 9 nitrogen and oxygen atoms in total. The van der Waals surface area contributed by atoms with E-state index in [1.165, 1.54) is 5.56 Å². The molecule has 3 aromatic heterocycles. The quantitative estimate of drug-likeness (QED) is 0.0943. The maximum absolute atomic E-state index is 13.6. The lowest BCUT2D eigenvalue weighted by atomic mass is 10.1. The number of hydrogen-bond donors (Lipinski definition) is 0. The summed E-state index contributed by atoms with van der Waals surface area (Å²) in [6.45, 7) is 17.9. The summed E-state index contributed by atoms with van der Waals surface area (Å²) in [6.07, 6.45) is 6.61. The van der Waals surface area contributed by atoms with Crippen molar-refractivity contribution in [1.82, 2.24) is 9.67 Å². The van der Waals surface area contributed by atoms with E-state index in [1.807, 2.05) is 62.7 Å². The van der Waals surface area contributed by atoms with Crippen LogP contribution in [0.2, 0.25) is 0 Å². The maximum atomic E-state index is 13.6. The maximum Gasteiger partial charge on any atom is 0.419 e. The average Bonchev–Trinajstić information content (AvgIpc) is 3.31. The van der Waals surface area contributed by atoms with Crippen LogP contribution in [0, 0.1) is 20.8 Å². The van der Waals surface area contributed by atoms with Crippen LogP contribution in [0.4, 0.5) is 4.79 Å². The van der Waals surface area contributed by atoms with Crippen molar-refractivity contribution in [3.8, 4) is 5.75 Å². The van der Waals surface area contributed by atoms with Crippen LogP contribution in [-0.4, -0.2) is 40.9 Å². The van der Waals surface area contributed by atoms with Gasteiger partial charge < -0.3 is 14.0 Å². The summed E-state index contributed by atoms with van der Waals surface area (Å²) in [5.41, 5.74) is 6.12. The fraction of sp³-hybridized carbons (Fsp3) is 0.432. The van der Waals surface area contributed by atoms with Crippen molar-refractivity contribution in [2.24, 2.45) is 0 Å². The second-order valence-electron chi connectivity index (χ2n) is 13.0. The molecule has 0 saturated heterocycles. The van der Waals surface area contributed by atoms with E-state index in [9.17, 15) is 17.8 Å². The lowest BCUT2D eigenvalue weighted by molar-refractivity contribution is -0.580. The molecule has 0 bridgehead atoms. The predicted octanol–water partition coefficient (Wildman–Crippen LogP) is 7.92. The summed E-state index contributed by atoms with van der Waals surface area (Å²) in [5, 5.41) is 6.84. The van der Waals surface area contributed by atoms with Gasteiger partial charge in [0.25, 0.3) is 5.52 Å². The molecule has 0 amide bonds. The Kier molecular flexibility index (Phi) is 11.0. The Morgan fingerprint density at radius 1 is 0.936 bits per heavy atom. The lowest BCUT2D eigenvalue weighted by Gasteiger charge is -2.20. The van der Waals surface area contributed by atoms with Crippen molar-refractivity contribution in [2.45, 2.75) is 105 Å². The summed E-state index contributed by atoms with van der Waals surface area (Å²) in [5.74, 6) is 0.758. The second kappa shape index (κ2) is 14.4. The molecule has 0 fully saturated rings. The van der Waals surface area contributed by atoms with Crippen LogP contribution in [0.25, 0.3) is 27.3 Å². The normalized spacial score (nSPS) is 12.0. The van der Waals surface area contributed by atoms with Gasteiger partial charge >= 0.3 is 6.09 Å². The Balaban J connectivity index is 0.000000323. The third kappa shape index (κ3) is 8.11. The first-order valence-electron chi connectivity index (χ1n) is 16.3. The number of rotatable bonds is 8. The van der Waals surface area contributed by atoms with E-state index in [2.05, 4.69) is 26.8 Å². The molecule has 0 saturated carbocycles. The first-order valence-corrected chi connectivity index (χ1v) is 17.7. The zero-order valence-electron chi connectivity index (χ0n) is 29.1. The fourth-order valence-corrected chi connectivity index (χ4v) is 6.91. The molecule has 2 aromatic carbocycles. The van der Waals surface area contributed by atoms with Gasteiger partial charge in [0.2, 0.25) is 6.20 Å². The highest BCUT2D eigenvalue weighted by molar-refractivity contribution is 7.85. The molecular weight excluding hydrogens is 614 g/mol. The predicted molar refractivity (Wildman–Crippen MR) is 184 cm³/mol. The lowest BCUT2D eigenvalue weighted by Crippen LogP contribution is -2.31. The van der Waals surface area contributed by atoms with Gasteiger partial charge in [0.1, 0.15) is 32.7 Å². The van der Waals surface area contributed by atoms with Gasteiger partial charge in [-0.15, -0.1) is 0 Å². The Bertz CT molecular complexity index is 2020. The van der Waals surface area contributed by atoms with Gasteiger partial charge in [-0.05, 0) is 89.6 Å². The van der Waals surface area contributed by atoms with Gasteiger partial charge in [-0.2, -0.15) is 0 Å². The van der Waals surface area contributed by atoms with Crippen molar-refractivity contribution < 1.29 is 31.8 Å². The fourth-order valence-electron chi connectivity index (χ4n) is 6.01. The molecule has 47 heavy (non-hydrogen) atoms. The topological polar surface area (TPSA) is 115 Å². The monoisotopic (exact) mass is 661 g/mol. The largest absolute Gasteiger partial charge is 0.744 e. The first kappa shape index (κ1) is 35.8. The van der Waals surface area contributed by atoms with E-state index >= 15 is 0 Å². The number of aryl methyl sites for hydroxylation is 5. The second-order valence-corrected chi connectivity index (χ2v) is 14.3. The Morgan fingerprint density at radius 2 is 1.62 bits per heavy atom. The van der Waals surface area contributed by atoms with E-state index < -0.39 is 21.8 Å². The van der Waals surface area contributed by atoms with Crippen molar-refractivity contribution in [3.05, 3.63) is 76.6 Å². The number of ether oxygens (including phenoxy) is 2. The number of nitrogens with zero attached hydrogens (tertiary/aromatic N) is 3. The van der Waals surface area contributed by atoms with Gasteiger partial charge in [0.15, 0.2) is 0 Å². The minimum absolute atomic E-state index is 0.0851. The van der Waals surface area contributed by atoms with Gasteiger partial charge in [-0.25, -0.2) is 17.8 Å². The molecule has 5 rings (SSSR count). The molecule has 252 valence electrons. The summed E-state index contributed by atoms with van der Waals surface area (Å²) in [4.78, 5) is 13.5. The van der Waals surface area contributed by atoms with Crippen LogP contribution in [0.3, 0.4) is 0 Å². The van der Waals surface area contributed by atoms with Crippen LogP contribution >= 0.6 is 0 Å². The molecule has 0 aliphatic rings. The van der Waals surface area contributed by atoms with Gasteiger partial charge in [-0.3, -0.25) is 0 Å². The highest BCUT2D eigenvalue weighted by Gasteiger charge is 2.27. The minimum atomic E-state index is -4.33. The molecule has 0 unspecified atom stereocenters. The molecule has 0 atom stereocenters. The van der Waals surface area contributed by atoms with Crippen LogP contribution in [0.1, 0.15) is 88.8 Å². The molecule has 0 aliphatic carbocycles. The smallest absolute Gasteiger partial charge is 0.419 e. The molecular formula is C37H47N3O6S. The zero-order valence-corrected chi connectivity index (χ0v) is 29.9. The van der Waals surface area contributed by atoms with E-state index in [-0.39, 0.29) is 4.90 Å². The minimum Gasteiger partial charge on any atom is -0.744 e. The summed E-state index contributed by atoms with van der Waals surface area (Å²) < 4.78 is 47.9. The van der Waals surface area contributed by atoms with E-state index in [0.29, 0.717) is 17.7 Å². The molecule has 0 aliphatic heterocycles. The van der Waals surface area contributed by atoms with Crippen LogP contribution in [0.15, 0.2) is 53.6 Å². The standard InChI is InChI=1S/C28H36N3O3.C9H12O3S/c1-7-10-11-16-33-20-12-13-21-22-14-15-30-25(17-19(8-2)23(9-3)29-30)26(22)31(24(21)18-20)27(32)34-28(4,5)6;1-6-4-7(2)9(8(3)5-6)13(10,11)12/h12-15,17-18H,7-11,16H2,1-6H3;4-5H,1-3H3,(H,10,11,12)/q+1;/p-1. The zero-order chi connectivity index (χ0) is 34.7. The van der Waals surface area contributed by atoms with E-state index in [4.69, 9.17) is 14.6 Å². The van der Waals surface area contributed by atoms with Crippen LogP contribution in [0.5, 0.6) is 5.75 Å². The number of fused-ring (bicyclic) bond motifs is 5. The molecule has 5 aromatic rings. The van der Waals surface area contributed by atoms with Crippen molar-refractivity contribution in [3.63, 3.8) is 0 Å². The summed E-state index contributed by atoms with van der Waals surface area (Å²) in [6, 6.07) is 13.6. The number of pyridine rings is 1. The van der Waals surface area contributed by atoms with Crippen molar-refractivity contribution in [1.29, 1.82) is 0 Å². The van der Waals surface area contributed by atoms with Gasteiger partial charge in [-0.1, -0.05) is 55.8 Å². The number of unbranched alkanes of at least 4 members (excludes halogenated alkanes) is 2. The highest BCUT2D eigenvalue weighted by Crippen LogP contribution is 2.34. The number of benzene rings is 2. The van der Waals surface area contributed by atoms with Crippen molar-refractivity contribution >= 4 is 43.5 Å². The number of carbonyl (C=O) groups excluding carboxylic acids is 1. The molecule has 0 radical (unpaired) electrons. The SMILES string of the molecule is CCCCCOc1ccc2c3cc[n+]4nc(CC)c(CC)cc4c3n(C(=O)OC(C)(C)C)c2c1.Cc1cc(C)c(S(=O)(=O)[O-])c(C)c1. The Morgan fingerprint density at radius 3 is 2.19 bits per heavy atom.